The van der Waals surface area contributed by atoms with Gasteiger partial charge in [-0.05, 0) is 30.7 Å². The van der Waals surface area contributed by atoms with Crippen molar-refractivity contribution in [3.63, 3.8) is 0 Å². The number of hydrogen-bond donors (Lipinski definition) is 1. The molecule has 1 unspecified atom stereocenters. The van der Waals surface area contributed by atoms with Crippen molar-refractivity contribution in [3.8, 4) is 11.4 Å². The van der Waals surface area contributed by atoms with Crippen molar-refractivity contribution in [3.05, 3.63) is 84.7 Å². The summed E-state index contributed by atoms with van der Waals surface area (Å²) in [5.74, 6) is 1.46. The number of anilines is 1. The van der Waals surface area contributed by atoms with Crippen molar-refractivity contribution >= 4 is 22.6 Å². The maximum absolute atomic E-state index is 12.7. The molecule has 1 fully saturated rings. The molecule has 6 nitrogen and oxygen atoms in total. The fraction of sp³-hybridized carbons (Fsp3) is 0.167. The Bertz CT molecular complexity index is 1180. The molecule has 4 aromatic rings. The lowest BCUT2D eigenvalue weighted by Gasteiger charge is -2.18. The SMILES string of the molecule is O=C(c1ccccn1)N1CCC(Nc2nc(-c3ccccc3)nc3ccccc23)C1. The quantitative estimate of drug-likeness (QED) is 0.565. The zero-order valence-corrected chi connectivity index (χ0v) is 16.4. The summed E-state index contributed by atoms with van der Waals surface area (Å²) < 4.78 is 0. The van der Waals surface area contributed by atoms with E-state index in [0.717, 1.165) is 28.7 Å². The van der Waals surface area contributed by atoms with Gasteiger partial charge in [0.2, 0.25) is 0 Å². The van der Waals surface area contributed by atoms with Crippen LogP contribution in [0.2, 0.25) is 0 Å². The normalized spacial score (nSPS) is 16.0. The van der Waals surface area contributed by atoms with Gasteiger partial charge in [-0.15, -0.1) is 0 Å². The molecular formula is C24H21N5O. The molecule has 1 amide bonds. The van der Waals surface area contributed by atoms with Crippen LogP contribution in [-0.4, -0.2) is 44.9 Å². The summed E-state index contributed by atoms with van der Waals surface area (Å²) >= 11 is 0. The van der Waals surface area contributed by atoms with E-state index in [9.17, 15) is 4.79 Å². The van der Waals surface area contributed by atoms with Gasteiger partial charge in [-0.25, -0.2) is 9.97 Å². The number of pyridine rings is 1. The Labute approximate surface area is 174 Å². The van der Waals surface area contributed by atoms with Crippen LogP contribution in [-0.2, 0) is 0 Å². The molecule has 2 aromatic heterocycles. The summed E-state index contributed by atoms with van der Waals surface area (Å²) in [6, 6.07) is 23.5. The average Bonchev–Trinajstić information content (AvgIpc) is 3.28. The van der Waals surface area contributed by atoms with Crippen molar-refractivity contribution in [1.29, 1.82) is 0 Å². The van der Waals surface area contributed by atoms with E-state index >= 15 is 0 Å². The zero-order valence-electron chi connectivity index (χ0n) is 16.4. The van der Waals surface area contributed by atoms with Gasteiger partial charge < -0.3 is 10.2 Å². The number of carbonyl (C=O) groups is 1. The highest BCUT2D eigenvalue weighted by Gasteiger charge is 2.28. The number of nitrogens with one attached hydrogen (secondary N) is 1. The third-order valence-electron chi connectivity index (χ3n) is 5.34. The lowest BCUT2D eigenvalue weighted by molar-refractivity contribution is 0.0786. The molecule has 0 radical (unpaired) electrons. The summed E-state index contributed by atoms with van der Waals surface area (Å²) in [4.78, 5) is 28.3. The van der Waals surface area contributed by atoms with Crippen LogP contribution in [0.25, 0.3) is 22.3 Å². The first-order valence-electron chi connectivity index (χ1n) is 10.1. The van der Waals surface area contributed by atoms with Crippen LogP contribution >= 0.6 is 0 Å². The van der Waals surface area contributed by atoms with Gasteiger partial charge >= 0.3 is 0 Å². The predicted molar refractivity (Wildman–Crippen MR) is 117 cm³/mol. The Morgan fingerprint density at radius 3 is 2.57 bits per heavy atom. The number of aromatic nitrogens is 3. The van der Waals surface area contributed by atoms with Gasteiger partial charge in [0.1, 0.15) is 11.5 Å². The molecule has 6 heteroatoms. The molecule has 0 saturated carbocycles. The number of nitrogens with zero attached hydrogens (tertiary/aromatic N) is 4. The molecule has 0 spiro atoms. The Hall–Kier alpha value is -3.80. The van der Waals surface area contributed by atoms with E-state index in [1.165, 1.54) is 0 Å². The Morgan fingerprint density at radius 1 is 0.933 bits per heavy atom. The van der Waals surface area contributed by atoms with E-state index in [1.807, 2.05) is 71.6 Å². The first-order chi connectivity index (χ1) is 14.8. The number of amides is 1. The van der Waals surface area contributed by atoms with Crippen LogP contribution in [0.1, 0.15) is 16.9 Å². The van der Waals surface area contributed by atoms with E-state index in [2.05, 4.69) is 10.3 Å². The number of benzene rings is 2. The Morgan fingerprint density at radius 2 is 1.73 bits per heavy atom. The van der Waals surface area contributed by atoms with Crippen LogP contribution in [0, 0.1) is 0 Å². The molecule has 3 heterocycles. The van der Waals surface area contributed by atoms with Crippen molar-refractivity contribution in [1.82, 2.24) is 19.9 Å². The first-order valence-corrected chi connectivity index (χ1v) is 10.1. The Kier molecular flexibility index (Phi) is 4.81. The molecule has 0 aliphatic carbocycles. The van der Waals surface area contributed by atoms with Crippen LogP contribution in [0.3, 0.4) is 0 Å². The van der Waals surface area contributed by atoms with Crippen LogP contribution in [0.15, 0.2) is 79.0 Å². The number of fused-ring (bicyclic) bond motifs is 1. The van der Waals surface area contributed by atoms with Gasteiger partial charge in [-0.2, -0.15) is 0 Å². The highest BCUT2D eigenvalue weighted by Crippen LogP contribution is 2.26. The molecule has 1 aliphatic rings. The monoisotopic (exact) mass is 395 g/mol. The fourth-order valence-corrected chi connectivity index (χ4v) is 3.81. The lowest BCUT2D eigenvalue weighted by Crippen LogP contribution is -2.32. The largest absolute Gasteiger partial charge is 0.365 e. The molecule has 30 heavy (non-hydrogen) atoms. The van der Waals surface area contributed by atoms with E-state index in [4.69, 9.17) is 9.97 Å². The minimum absolute atomic E-state index is 0.0302. The van der Waals surface area contributed by atoms with Crippen LogP contribution < -0.4 is 5.32 Å². The molecule has 5 rings (SSSR count). The third-order valence-corrected chi connectivity index (χ3v) is 5.34. The summed E-state index contributed by atoms with van der Waals surface area (Å²) in [5.41, 5.74) is 2.36. The van der Waals surface area contributed by atoms with E-state index < -0.39 is 0 Å². The summed E-state index contributed by atoms with van der Waals surface area (Å²) in [7, 11) is 0. The van der Waals surface area contributed by atoms with Crippen LogP contribution in [0.5, 0.6) is 0 Å². The predicted octanol–water partition coefficient (Wildman–Crippen LogP) is 4.02. The average molecular weight is 395 g/mol. The zero-order chi connectivity index (χ0) is 20.3. The van der Waals surface area contributed by atoms with Gasteiger partial charge in [0.15, 0.2) is 5.82 Å². The van der Waals surface area contributed by atoms with Gasteiger partial charge in [-0.1, -0.05) is 48.5 Å². The topological polar surface area (TPSA) is 71.0 Å². The highest BCUT2D eigenvalue weighted by atomic mass is 16.2. The number of hydrogen-bond acceptors (Lipinski definition) is 5. The molecular weight excluding hydrogens is 374 g/mol. The summed E-state index contributed by atoms with van der Waals surface area (Å²) in [5, 5.41) is 4.54. The third kappa shape index (κ3) is 3.59. The molecule has 0 bridgehead atoms. The summed E-state index contributed by atoms with van der Waals surface area (Å²) in [6.45, 7) is 1.32. The number of para-hydroxylation sites is 1. The van der Waals surface area contributed by atoms with Gasteiger partial charge in [0.25, 0.3) is 5.91 Å². The number of carbonyl (C=O) groups excluding carboxylic acids is 1. The van der Waals surface area contributed by atoms with Crippen molar-refractivity contribution in [2.45, 2.75) is 12.5 Å². The van der Waals surface area contributed by atoms with E-state index in [0.29, 0.717) is 24.6 Å². The smallest absolute Gasteiger partial charge is 0.272 e. The maximum atomic E-state index is 12.7. The van der Waals surface area contributed by atoms with Crippen molar-refractivity contribution in [2.75, 3.05) is 18.4 Å². The van der Waals surface area contributed by atoms with E-state index in [1.54, 1.807) is 12.3 Å². The number of likely N-dealkylation sites (tertiary alicyclic amines) is 1. The second kappa shape index (κ2) is 7.91. The number of rotatable bonds is 4. The summed E-state index contributed by atoms with van der Waals surface area (Å²) in [6.07, 6.45) is 2.51. The second-order valence-corrected chi connectivity index (χ2v) is 7.38. The molecule has 2 aromatic carbocycles. The minimum Gasteiger partial charge on any atom is -0.365 e. The highest BCUT2D eigenvalue weighted by molar-refractivity contribution is 5.93. The molecule has 1 aliphatic heterocycles. The van der Waals surface area contributed by atoms with Gasteiger partial charge in [-0.3, -0.25) is 9.78 Å². The van der Waals surface area contributed by atoms with Gasteiger partial charge in [0.05, 0.1) is 5.52 Å². The van der Waals surface area contributed by atoms with Crippen molar-refractivity contribution < 1.29 is 4.79 Å². The van der Waals surface area contributed by atoms with Crippen LogP contribution in [0.4, 0.5) is 5.82 Å². The lowest BCUT2D eigenvalue weighted by atomic mass is 10.1. The Balaban J connectivity index is 1.41. The molecule has 1 saturated heterocycles. The standard InChI is InChI=1S/C24H21N5O/c30-24(21-12-6-7-14-25-21)29-15-13-18(16-29)26-23-19-10-4-5-11-20(19)27-22(28-23)17-8-2-1-3-9-17/h1-12,14,18H,13,15-16H2,(H,26,27,28). The first kappa shape index (κ1) is 18.2. The van der Waals surface area contributed by atoms with Crippen molar-refractivity contribution in [2.24, 2.45) is 0 Å². The van der Waals surface area contributed by atoms with E-state index in [-0.39, 0.29) is 11.9 Å². The molecule has 1 atom stereocenters. The molecule has 148 valence electrons. The molecule has 1 N–H and O–H groups in total. The maximum Gasteiger partial charge on any atom is 0.272 e. The van der Waals surface area contributed by atoms with Gasteiger partial charge in [0, 0.05) is 36.3 Å². The fourth-order valence-electron chi connectivity index (χ4n) is 3.81. The second-order valence-electron chi connectivity index (χ2n) is 7.38. The minimum atomic E-state index is -0.0302.